The monoisotopic (exact) mass is 386 g/mol. The quantitative estimate of drug-likeness (QED) is 0.794. The van der Waals surface area contributed by atoms with E-state index in [-0.39, 0.29) is 11.4 Å². The number of rotatable bonds is 6. The van der Waals surface area contributed by atoms with E-state index in [1.54, 1.807) is 24.3 Å². The fraction of sp³-hybridized carbons (Fsp3) is 0.214. The first kappa shape index (κ1) is 16.7. The fourth-order valence-electron chi connectivity index (χ4n) is 1.71. The number of sulfonamides is 1. The van der Waals surface area contributed by atoms with E-state index >= 15 is 0 Å². The van der Waals surface area contributed by atoms with Gasteiger partial charge in [0, 0.05) is 4.47 Å². The van der Waals surface area contributed by atoms with Crippen molar-refractivity contribution in [2.75, 3.05) is 0 Å². The molecule has 1 atom stereocenters. The summed E-state index contributed by atoms with van der Waals surface area (Å²) in [7, 11) is -3.75. The molecule has 0 aliphatic carbocycles. The molecule has 1 aromatic heterocycles. The molecular formula is C14H15BrN2O4S. The van der Waals surface area contributed by atoms with Crippen molar-refractivity contribution in [2.24, 2.45) is 0 Å². The summed E-state index contributed by atoms with van der Waals surface area (Å²) in [6.07, 6.45) is 1.50. The van der Waals surface area contributed by atoms with Gasteiger partial charge in [0.05, 0.1) is 23.7 Å². The van der Waals surface area contributed by atoms with Gasteiger partial charge < -0.3 is 9.73 Å². The summed E-state index contributed by atoms with van der Waals surface area (Å²) in [6, 6.07) is 8.69. The highest BCUT2D eigenvalue weighted by molar-refractivity contribution is 9.10. The van der Waals surface area contributed by atoms with Gasteiger partial charge in [-0.1, -0.05) is 15.9 Å². The van der Waals surface area contributed by atoms with Gasteiger partial charge in [0.25, 0.3) is 0 Å². The van der Waals surface area contributed by atoms with Gasteiger partial charge in [0.1, 0.15) is 5.76 Å². The Hall–Kier alpha value is -1.64. The van der Waals surface area contributed by atoms with Crippen LogP contribution in [0.3, 0.4) is 0 Å². The molecule has 118 valence electrons. The third-order valence-electron chi connectivity index (χ3n) is 2.87. The summed E-state index contributed by atoms with van der Waals surface area (Å²) >= 11 is 3.24. The predicted molar refractivity (Wildman–Crippen MR) is 84.5 cm³/mol. The molecule has 1 heterocycles. The number of hydrogen-bond donors (Lipinski definition) is 2. The molecule has 22 heavy (non-hydrogen) atoms. The van der Waals surface area contributed by atoms with Crippen LogP contribution in [0.5, 0.6) is 0 Å². The SMILES string of the molecule is C[C@@H](NS(=O)(=O)c1ccc(Br)cc1)C(=O)NCc1ccco1. The molecule has 0 spiro atoms. The highest BCUT2D eigenvalue weighted by Gasteiger charge is 2.21. The Morgan fingerprint density at radius 2 is 1.95 bits per heavy atom. The number of amides is 1. The van der Waals surface area contributed by atoms with Crippen LogP contribution in [0, 0.1) is 0 Å². The first-order valence-electron chi connectivity index (χ1n) is 6.46. The molecule has 0 aliphatic heterocycles. The van der Waals surface area contributed by atoms with Gasteiger partial charge in [-0.3, -0.25) is 4.79 Å². The van der Waals surface area contributed by atoms with Crippen molar-refractivity contribution < 1.29 is 17.6 Å². The van der Waals surface area contributed by atoms with Crippen molar-refractivity contribution in [1.29, 1.82) is 0 Å². The van der Waals surface area contributed by atoms with Gasteiger partial charge in [-0.15, -0.1) is 0 Å². The van der Waals surface area contributed by atoms with Crippen LogP contribution in [-0.4, -0.2) is 20.4 Å². The molecule has 8 heteroatoms. The van der Waals surface area contributed by atoms with E-state index < -0.39 is 22.0 Å². The molecule has 0 saturated heterocycles. The highest BCUT2D eigenvalue weighted by Crippen LogP contribution is 2.14. The van der Waals surface area contributed by atoms with Crippen molar-refractivity contribution in [3.8, 4) is 0 Å². The van der Waals surface area contributed by atoms with Crippen molar-refractivity contribution in [3.05, 3.63) is 52.9 Å². The van der Waals surface area contributed by atoms with Crippen LogP contribution in [0.4, 0.5) is 0 Å². The average Bonchev–Trinajstić information content (AvgIpc) is 2.98. The van der Waals surface area contributed by atoms with Gasteiger partial charge >= 0.3 is 0 Å². The first-order chi connectivity index (χ1) is 10.4. The Kier molecular flexibility index (Phi) is 5.38. The summed E-state index contributed by atoms with van der Waals surface area (Å²) < 4.78 is 32.5. The molecule has 6 nitrogen and oxygen atoms in total. The normalized spacial score (nSPS) is 12.8. The predicted octanol–water partition coefficient (Wildman–Crippen LogP) is 2.03. The molecule has 0 aliphatic rings. The standard InChI is InChI=1S/C14H15BrN2O4S/c1-10(14(18)16-9-12-3-2-8-21-12)17-22(19,20)13-6-4-11(15)5-7-13/h2-8,10,17H,9H2,1H3,(H,16,18)/t10-/m1/s1. The molecule has 0 saturated carbocycles. The molecule has 2 aromatic rings. The maximum absolute atomic E-state index is 12.2. The molecule has 1 amide bonds. The number of nitrogens with one attached hydrogen (secondary N) is 2. The second-order valence-electron chi connectivity index (χ2n) is 4.59. The summed E-state index contributed by atoms with van der Waals surface area (Å²) in [4.78, 5) is 12.0. The van der Waals surface area contributed by atoms with Crippen molar-refractivity contribution in [1.82, 2.24) is 10.0 Å². The second-order valence-corrected chi connectivity index (χ2v) is 7.22. The van der Waals surface area contributed by atoms with Gasteiger partial charge in [-0.05, 0) is 43.3 Å². The summed E-state index contributed by atoms with van der Waals surface area (Å²) in [5.74, 6) is 0.161. The van der Waals surface area contributed by atoms with Crippen LogP contribution in [0.25, 0.3) is 0 Å². The Morgan fingerprint density at radius 1 is 1.27 bits per heavy atom. The number of hydrogen-bond acceptors (Lipinski definition) is 4. The van der Waals surface area contributed by atoms with Gasteiger partial charge in [-0.2, -0.15) is 4.72 Å². The zero-order valence-electron chi connectivity index (χ0n) is 11.7. The second kappa shape index (κ2) is 7.08. The lowest BCUT2D eigenvalue weighted by atomic mass is 10.3. The maximum Gasteiger partial charge on any atom is 0.241 e. The van der Waals surface area contributed by atoms with E-state index in [0.717, 1.165) is 4.47 Å². The molecule has 1 aromatic carbocycles. The van der Waals surface area contributed by atoms with E-state index in [1.807, 2.05) is 0 Å². The van der Waals surface area contributed by atoms with Crippen molar-refractivity contribution in [2.45, 2.75) is 24.4 Å². The molecule has 2 N–H and O–H groups in total. The summed E-state index contributed by atoms with van der Waals surface area (Å²) in [6.45, 7) is 1.68. The van der Waals surface area contributed by atoms with Crippen LogP contribution in [0.1, 0.15) is 12.7 Å². The number of carbonyl (C=O) groups excluding carboxylic acids is 1. The minimum Gasteiger partial charge on any atom is -0.467 e. The topological polar surface area (TPSA) is 88.4 Å². The molecular weight excluding hydrogens is 372 g/mol. The third-order valence-corrected chi connectivity index (χ3v) is 4.95. The van der Waals surface area contributed by atoms with E-state index in [0.29, 0.717) is 5.76 Å². The van der Waals surface area contributed by atoms with Gasteiger partial charge in [0.2, 0.25) is 15.9 Å². The van der Waals surface area contributed by atoms with E-state index in [9.17, 15) is 13.2 Å². The van der Waals surface area contributed by atoms with Gasteiger partial charge in [0.15, 0.2) is 0 Å². The smallest absolute Gasteiger partial charge is 0.241 e. The van der Waals surface area contributed by atoms with E-state index in [1.165, 1.54) is 25.3 Å². The maximum atomic E-state index is 12.2. The van der Waals surface area contributed by atoms with Gasteiger partial charge in [-0.25, -0.2) is 8.42 Å². The van der Waals surface area contributed by atoms with Crippen LogP contribution in [0.2, 0.25) is 0 Å². The Bertz CT molecular complexity index is 727. The molecule has 0 bridgehead atoms. The lowest BCUT2D eigenvalue weighted by molar-refractivity contribution is -0.122. The lowest BCUT2D eigenvalue weighted by Gasteiger charge is -2.14. The highest BCUT2D eigenvalue weighted by atomic mass is 79.9. The number of furan rings is 1. The Balaban J connectivity index is 1.96. The van der Waals surface area contributed by atoms with Crippen LogP contribution in [0.15, 0.2) is 56.4 Å². The third kappa shape index (κ3) is 4.43. The molecule has 0 fully saturated rings. The lowest BCUT2D eigenvalue weighted by Crippen LogP contribution is -2.44. The van der Waals surface area contributed by atoms with Crippen molar-refractivity contribution >= 4 is 31.9 Å². The molecule has 2 rings (SSSR count). The van der Waals surface area contributed by atoms with Crippen LogP contribution < -0.4 is 10.0 Å². The minimum absolute atomic E-state index is 0.0985. The van der Waals surface area contributed by atoms with E-state index in [4.69, 9.17) is 4.42 Å². The zero-order chi connectivity index (χ0) is 16.2. The average molecular weight is 387 g/mol. The Labute approximate surface area is 137 Å². The summed E-state index contributed by atoms with van der Waals surface area (Å²) in [5, 5.41) is 2.60. The molecule has 0 radical (unpaired) electrons. The first-order valence-corrected chi connectivity index (χ1v) is 8.74. The largest absolute Gasteiger partial charge is 0.467 e. The molecule has 0 unspecified atom stereocenters. The number of halogens is 1. The van der Waals surface area contributed by atoms with E-state index in [2.05, 4.69) is 26.0 Å². The summed E-state index contributed by atoms with van der Waals surface area (Å²) in [5.41, 5.74) is 0. The Morgan fingerprint density at radius 3 is 2.55 bits per heavy atom. The number of benzene rings is 1. The zero-order valence-corrected chi connectivity index (χ0v) is 14.1. The minimum atomic E-state index is -3.75. The fourth-order valence-corrected chi connectivity index (χ4v) is 3.18. The van der Waals surface area contributed by atoms with Crippen LogP contribution in [-0.2, 0) is 21.4 Å². The van der Waals surface area contributed by atoms with Crippen molar-refractivity contribution in [3.63, 3.8) is 0 Å². The van der Waals surface area contributed by atoms with Crippen LogP contribution >= 0.6 is 15.9 Å². The number of carbonyl (C=O) groups is 1.